The quantitative estimate of drug-likeness (QED) is 0.148. The molecule has 9 atom stereocenters. The van der Waals surface area contributed by atoms with Crippen LogP contribution < -0.4 is 14.9 Å². The topological polar surface area (TPSA) is 247 Å². The molecule has 0 unspecified atom stereocenters. The summed E-state index contributed by atoms with van der Waals surface area (Å²) in [4.78, 5) is 49.6. The van der Waals surface area contributed by atoms with E-state index in [-0.39, 0.29) is 40.4 Å². The molecule has 1 aromatic heterocycles. The summed E-state index contributed by atoms with van der Waals surface area (Å²) in [7, 11) is 1.23. The van der Waals surface area contributed by atoms with E-state index in [2.05, 4.69) is 0 Å². The number of methoxy groups -OCH3 is 1. The number of ether oxygens (including phenoxy) is 7. The Morgan fingerprint density at radius 3 is 2.12 bits per heavy atom. The Hall–Kier alpha value is -4.78. The van der Waals surface area contributed by atoms with Crippen molar-refractivity contribution >= 4 is 28.9 Å². The van der Waals surface area contributed by atoms with Crippen LogP contribution in [-0.2, 0) is 38.1 Å². The van der Waals surface area contributed by atoms with Crippen LogP contribution in [0.5, 0.6) is 17.2 Å². The smallest absolute Gasteiger partial charge is 0.303 e. The van der Waals surface area contributed by atoms with E-state index >= 15 is 0 Å². The SMILES string of the molecule is COc1c([C@H]2OC[C@@H](OC(C)=O)[C@@H](OC(C)=O)[C@H]2OC(C)=O)c(O)cc2oc(-c3ccc(O[C@@H]4O[C@@H](CO)[C@@H](O)[C@@H](O)[C@H]4O)cc3)cc(=O)c12. The zero-order valence-electron chi connectivity index (χ0n) is 27.2. The predicted octanol–water partition coefficient (Wildman–Crippen LogP) is 0.219. The first-order valence-electron chi connectivity index (χ1n) is 15.3. The second-order valence-corrected chi connectivity index (χ2v) is 11.6. The Kier molecular flexibility index (Phi) is 10.9. The lowest BCUT2D eigenvalue weighted by Gasteiger charge is -2.41. The van der Waals surface area contributed by atoms with E-state index in [0.29, 0.717) is 5.56 Å². The number of esters is 3. The lowest BCUT2D eigenvalue weighted by molar-refractivity contribution is -0.277. The van der Waals surface area contributed by atoms with Gasteiger partial charge in [-0.25, -0.2) is 0 Å². The molecule has 0 bridgehead atoms. The molecule has 0 radical (unpaired) electrons. The second kappa shape index (κ2) is 15.0. The molecule has 0 saturated carbocycles. The predicted molar refractivity (Wildman–Crippen MR) is 166 cm³/mol. The summed E-state index contributed by atoms with van der Waals surface area (Å²) in [6, 6.07) is 8.26. The first kappa shape index (κ1) is 36.5. The fourth-order valence-electron chi connectivity index (χ4n) is 5.90. The number of carbonyl (C=O) groups is 3. The van der Waals surface area contributed by atoms with Crippen molar-refractivity contribution in [2.45, 2.75) is 75.9 Å². The van der Waals surface area contributed by atoms with Crippen molar-refractivity contribution < 1.29 is 77.5 Å². The molecule has 0 aliphatic carbocycles. The van der Waals surface area contributed by atoms with Gasteiger partial charge < -0.3 is 63.1 Å². The molecule has 2 aromatic carbocycles. The standard InChI is InChI=1S/C33H36O17/c1-13(35)45-23-12-44-31(32(47-15(3)37)29(23)46-14(2)36)25-19(39)10-21-24(30(25)43-4)18(38)9-20(49-21)16-5-7-17(8-6-16)48-33-28(42)27(41)26(40)22(11-34)50-33/h5-10,22-23,26-29,31-34,39-42H,11-12H2,1-4H3/t22-,23+,26+,27+,28+,29+,31+,32+,33+/m0/s1. The molecule has 0 amide bonds. The van der Waals surface area contributed by atoms with Crippen molar-refractivity contribution in [1.82, 2.24) is 0 Å². The third-order valence-electron chi connectivity index (χ3n) is 8.07. The van der Waals surface area contributed by atoms with E-state index in [1.54, 1.807) is 0 Å². The molecule has 5 N–H and O–H groups in total. The summed E-state index contributed by atoms with van der Waals surface area (Å²) in [5, 5.41) is 50.9. The van der Waals surface area contributed by atoms with Gasteiger partial charge in [-0.1, -0.05) is 0 Å². The van der Waals surface area contributed by atoms with Gasteiger partial charge >= 0.3 is 17.9 Å². The van der Waals surface area contributed by atoms with Gasteiger partial charge in [-0.3, -0.25) is 19.2 Å². The molecular formula is C33H36O17. The molecule has 2 aliphatic rings. The third-order valence-corrected chi connectivity index (χ3v) is 8.07. The molecule has 17 heteroatoms. The first-order valence-corrected chi connectivity index (χ1v) is 15.3. The number of carbonyl (C=O) groups excluding carboxylic acids is 3. The van der Waals surface area contributed by atoms with E-state index < -0.39 is 90.8 Å². The monoisotopic (exact) mass is 704 g/mol. The summed E-state index contributed by atoms with van der Waals surface area (Å²) in [6.45, 7) is 2.37. The van der Waals surface area contributed by atoms with Gasteiger partial charge in [0, 0.05) is 38.5 Å². The van der Waals surface area contributed by atoms with Crippen molar-refractivity contribution in [2.24, 2.45) is 0 Å². The highest BCUT2D eigenvalue weighted by Gasteiger charge is 2.49. The maximum absolute atomic E-state index is 13.6. The number of phenols is 1. The largest absolute Gasteiger partial charge is 0.507 e. The molecule has 270 valence electrons. The minimum absolute atomic E-state index is 0.0712. The van der Waals surface area contributed by atoms with Gasteiger partial charge in [0.25, 0.3) is 0 Å². The molecule has 5 rings (SSSR count). The van der Waals surface area contributed by atoms with Gasteiger partial charge in [0.15, 0.2) is 23.7 Å². The van der Waals surface area contributed by atoms with E-state index in [1.165, 1.54) is 37.4 Å². The van der Waals surface area contributed by atoms with Crippen LogP contribution in [-0.4, -0.2) is 113 Å². The van der Waals surface area contributed by atoms with Crippen LogP contribution in [0.4, 0.5) is 0 Å². The van der Waals surface area contributed by atoms with Gasteiger partial charge in [0.05, 0.1) is 25.9 Å². The number of phenolic OH excluding ortho intramolecular Hbond substituents is 1. The molecular weight excluding hydrogens is 668 g/mol. The highest BCUT2D eigenvalue weighted by atomic mass is 16.7. The molecule has 0 spiro atoms. The number of hydrogen-bond donors (Lipinski definition) is 5. The number of benzene rings is 2. The van der Waals surface area contributed by atoms with Crippen LogP contribution in [0.15, 0.2) is 45.6 Å². The number of fused-ring (bicyclic) bond motifs is 1. The average Bonchev–Trinajstić information content (AvgIpc) is 3.05. The zero-order chi connectivity index (χ0) is 36.4. The van der Waals surface area contributed by atoms with Crippen molar-refractivity contribution in [2.75, 3.05) is 20.3 Å². The number of aliphatic hydroxyl groups is 4. The van der Waals surface area contributed by atoms with Crippen LogP contribution in [0.3, 0.4) is 0 Å². The molecule has 3 aromatic rings. The summed E-state index contributed by atoms with van der Waals surface area (Å²) in [5.41, 5.74) is -0.435. The summed E-state index contributed by atoms with van der Waals surface area (Å²) in [5.74, 6) is -2.74. The van der Waals surface area contributed by atoms with Gasteiger partial charge in [-0.15, -0.1) is 0 Å². The number of rotatable bonds is 9. The molecule has 17 nitrogen and oxygen atoms in total. The molecule has 3 heterocycles. The molecule has 2 aliphatic heterocycles. The highest BCUT2D eigenvalue weighted by Crippen LogP contribution is 2.46. The van der Waals surface area contributed by atoms with E-state index in [0.717, 1.165) is 26.8 Å². The number of aromatic hydroxyl groups is 1. The highest BCUT2D eigenvalue weighted by molar-refractivity contribution is 5.88. The Morgan fingerprint density at radius 1 is 0.880 bits per heavy atom. The van der Waals surface area contributed by atoms with E-state index in [9.17, 15) is 44.7 Å². The minimum Gasteiger partial charge on any atom is -0.507 e. The maximum Gasteiger partial charge on any atom is 0.303 e. The van der Waals surface area contributed by atoms with Crippen molar-refractivity contribution in [3.63, 3.8) is 0 Å². The van der Waals surface area contributed by atoms with Gasteiger partial charge in [-0.05, 0) is 24.3 Å². The Labute approximate surface area is 283 Å². The van der Waals surface area contributed by atoms with Crippen LogP contribution in [0.25, 0.3) is 22.3 Å². The fourth-order valence-corrected chi connectivity index (χ4v) is 5.90. The van der Waals surface area contributed by atoms with Crippen LogP contribution in [0.2, 0.25) is 0 Å². The van der Waals surface area contributed by atoms with Crippen LogP contribution in [0.1, 0.15) is 32.4 Å². The summed E-state index contributed by atoms with van der Waals surface area (Å²) >= 11 is 0. The lowest BCUT2D eigenvalue weighted by Crippen LogP contribution is -2.60. The normalized spacial score (nSPS) is 28.0. The average molecular weight is 705 g/mol. The number of hydrogen-bond acceptors (Lipinski definition) is 17. The van der Waals surface area contributed by atoms with Gasteiger partial charge in [-0.2, -0.15) is 0 Å². The van der Waals surface area contributed by atoms with E-state index in [1.807, 2.05) is 0 Å². The third kappa shape index (κ3) is 7.37. The lowest BCUT2D eigenvalue weighted by atomic mass is 9.91. The Morgan fingerprint density at radius 2 is 1.52 bits per heavy atom. The molecule has 2 fully saturated rings. The minimum atomic E-state index is -1.63. The van der Waals surface area contributed by atoms with Gasteiger partial charge in [0.1, 0.15) is 64.5 Å². The van der Waals surface area contributed by atoms with Crippen molar-refractivity contribution in [1.29, 1.82) is 0 Å². The zero-order valence-corrected chi connectivity index (χ0v) is 27.2. The van der Waals surface area contributed by atoms with Crippen LogP contribution in [0, 0.1) is 0 Å². The fraction of sp³-hybridized carbons (Fsp3) is 0.455. The van der Waals surface area contributed by atoms with E-state index in [4.69, 9.17) is 37.6 Å². The summed E-state index contributed by atoms with van der Waals surface area (Å²) in [6.07, 6.45) is -12.7. The molecule has 50 heavy (non-hydrogen) atoms. The maximum atomic E-state index is 13.6. The summed E-state index contributed by atoms with van der Waals surface area (Å²) < 4.78 is 44.6. The van der Waals surface area contributed by atoms with Crippen LogP contribution >= 0.6 is 0 Å². The van der Waals surface area contributed by atoms with Crippen molar-refractivity contribution in [3.05, 3.63) is 52.2 Å². The van der Waals surface area contributed by atoms with Crippen molar-refractivity contribution in [3.8, 4) is 28.6 Å². The molecule has 2 saturated heterocycles. The van der Waals surface area contributed by atoms with Gasteiger partial charge in [0.2, 0.25) is 6.29 Å². The first-order chi connectivity index (χ1) is 23.7. The second-order valence-electron chi connectivity index (χ2n) is 11.6. The number of aliphatic hydroxyl groups excluding tert-OH is 4. The Balaban J connectivity index is 1.49. The Bertz CT molecular complexity index is 1780.